The van der Waals surface area contributed by atoms with Crippen molar-refractivity contribution in [1.82, 2.24) is 0 Å². The van der Waals surface area contributed by atoms with Gasteiger partial charge in [-0.15, -0.1) is 0 Å². The van der Waals surface area contributed by atoms with Gasteiger partial charge in [-0.1, -0.05) is 20.8 Å². The molecular weight excluding hydrogens is 444 g/mol. The van der Waals surface area contributed by atoms with E-state index >= 15 is 0 Å². The van der Waals surface area contributed by atoms with E-state index in [-0.39, 0.29) is 23.0 Å². The van der Waals surface area contributed by atoms with Gasteiger partial charge in [0, 0.05) is 6.42 Å². The Morgan fingerprint density at radius 3 is 2.29 bits per heavy atom. The van der Waals surface area contributed by atoms with Crippen molar-refractivity contribution in [2.24, 2.45) is 52.3 Å². The number of ether oxygens (including phenoxy) is 2. The second kappa shape index (κ2) is 9.25. The summed E-state index contributed by atoms with van der Waals surface area (Å²) in [6.45, 7) is 9.94. The molecule has 0 aromatic rings. The van der Waals surface area contributed by atoms with Crippen LogP contribution < -0.4 is 0 Å². The van der Waals surface area contributed by atoms with Crippen LogP contribution in [0.15, 0.2) is 0 Å². The van der Waals surface area contributed by atoms with E-state index in [0.29, 0.717) is 55.1 Å². The molecular formula is C29H48O6. The molecule has 4 saturated carbocycles. The molecule has 0 bridgehead atoms. The minimum atomic E-state index is -0.995. The van der Waals surface area contributed by atoms with Gasteiger partial charge in [-0.2, -0.15) is 0 Å². The maximum Gasteiger partial charge on any atom is 0.311 e. The first-order valence-electron chi connectivity index (χ1n) is 14.4. The second-order valence-electron chi connectivity index (χ2n) is 13.5. The topological polar surface area (TPSA) is 96.2 Å². The van der Waals surface area contributed by atoms with Gasteiger partial charge in [0.05, 0.1) is 25.4 Å². The Balaban J connectivity index is 1.30. The summed E-state index contributed by atoms with van der Waals surface area (Å²) in [6.07, 6.45) is 9.59. The standard InChI is InChI=1S/C29H48O6/c1-17(7-12-29(18(2)26(32)33)34-13-14-35-29)21-5-6-22-25-23(9-11-28(21,22)4)27(3)10-8-20(30)15-19(27)16-24(25)31/h17-25,30-31H,5-16H2,1-4H3,(H,32,33)/t17-,18?,19+,20-,21-,22+,23+,24-,25+,27+,28-/m1/s1. The van der Waals surface area contributed by atoms with Crippen molar-refractivity contribution in [3.8, 4) is 0 Å². The number of carbonyl (C=O) groups is 1. The molecule has 11 atom stereocenters. The Kier molecular flexibility index (Phi) is 6.86. The molecule has 5 aliphatic rings. The third-order valence-corrected chi connectivity index (χ3v) is 12.2. The van der Waals surface area contributed by atoms with Crippen LogP contribution in [0.3, 0.4) is 0 Å². The lowest BCUT2D eigenvalue weighted by atomic mass is 9.43. The third-order valence-electron chi connectivity index (χ3n) is 12.2. The number of aliphatic carboxylic acids is 1. The number of carboxylic acid groups (broad SMARTS) is 1. The van der Waals surface area contributed by atoms with Crippen molar-refractivity contribution in [2.75, 3.05) is 13.2 Å². The van der Waals surface area contributed by atoms with Gasteiger partial charge in [0.15, 0.2) is 5.79 Å². The van der Waals surface area contributed by atoms with E-state index in [0.717, 1.165) is 32.1 Å². The fourth-order valence-corrected chi connectivity index (χ4v) is 10.1. The average Bonchev–Trinajstić information content (AvgIpc) is 3.43. The third kappa shape index (κ3) is 4.09. The summed E-state index contributed by atoms with van der Waals surface area (Å²) < 4.78 is 11.8. The van der Waals surface area contributed by atoms with Crippen LogP contribution in [0.1, 0.15) is 91.9 Å². The van der Waals surface area contributed by atoms with Crippen LogP contribution in [-0.4, -0.2) is 52.5 Å². The maximum atomic E-state index is 11.7. The van der Waals surface area contributed by atoms with E-state index in [4.69, 9.17) is 9.47 Å². The Morgan fingerprint density at radius 1 is 0.943 bits per heavy atom. The van der Waals surface area contributed by atoms with E-state index in [1.54, 1.807) is 6.92 Å². The molecule has 1 saturated heterocycles. The van der Waals surface area contributed by atoms with E-state index < -0.39 is 17.7 Å². The minimum Gasteiger partial charge on any atom is -0.481 e. The zero-order valence-electron chi connectivity index (χ0n) is 22.2. The van der Waals surface area contributed by atoms with Crippen LogP contribution in [0, 0.1) is 52.3 Å². The van der Waals surface area contributed by atoms with Gasteiger partial charge in [0.1, 0.15) is 5.92 Å². The van der Waals surface area contributed by atoms with Gasteiger partial charge in [-0.05, 0) is 111 Å². The fourth-order valence-electron chi connectivity index (χ4n) is 10.1. The largest absolute Gasteiger partial charge is 0.481 e. The van der Waals surface area contributed by atoms with Crippen LogP contribution in [0.25, 0.3) is 0 Å². The number of hydrogen-bond donors (Lipinski definition) is 3. The number of hydrogen-bond acceptors (Lipinski definition) is 5. The summed E-state index contributed by atoms with van der Waals surface area (Å²) in [5.41, 5.74) is 0.479. The lowest BCUT2D eigenvalue weighted by Crippen LogP contribution is -2.58. The summed E-state index contributed by atoms with van der Waals surface area (Å²) in [7, 11) is 0. The molecule has 6 heteroatoms. The lowest BCUT2D eigenvalue weighted by molar-refractivity contribution is -0.209. The molecule has 0 aromatic carbocycles. The number of fused-ring (bicyclic) bond motifs is 5. The first kappa shape index (κ1) is 25.9. The molecule has 3 N–H and O–H groups in total. The Morgan fingerprint density at radius 2 is 1.60 bits per heavy atom. The highest BCUT2D eigenvalue weighted by atomic mass is 16.7. The molecule has 200 valence electrons. The number of aliphatic hydroxyl groups is 2. The second-order valence-corrected chi connectivity index (χ2v) is 13.5. The van der Waals surface area contributed by atoms with Gasteiger partial charge in [-0.3, -0.25) is 4.79 Å². The zero-order chi connectivity index (χ0) is 25.2. The molecule has 1 unspecified atom stereocenters. The van der Waals surface area contributed by atoms with Crippen molar-refractivity contribution < 1.29 is 29.6 Å². The predicted molar refractivity (Wildman–Crippen MR) is 132 cm³/mol. The van der Waals surface area contributed by atoms with Gasteiger partial charge >= 0.3 is 5.97 Å². The minimum absolute atomic E-state index is 0.192. The van der Waals surface area contributed by atoms with Gasteiger partial charge in [0.2, 0.25) is 0 Å². The molecule has 0 aromatic heterocycles. The summed E-state index contributed by atoms with van der Waals surface area (Å²) in [5, 5.41) is 31.4. The Hall–Kier alpha value is -0.690. The van der Waals surface area contributed by atoms with E-state index in [2.05, 4.69) is 20.8 Å². The smallest absolute Gasteiger partial charge is 0.311 e. The fraction of sp³-hybridized carbons (Fsp3) is 0.966. The van der Waals surface area contributed by atoms with Crippen LogP contribution in [0.2, 0.25) is 0 Å². The highest BCUT2D eigenvalue weighted by Gasteiger charge is 2.63. The number of aliphatic hydroxyl groups excluding tert-OH is 2. The van der Waals surface area contributed by atoms with Crippen molar-refractivity contribution in [1.29, 1.82) is 0 Å². The summed E-state index contributed by atoms with van der Waals surface area (Å²) in [4.78, 5) is 11.7. The average molecular weight is 493 g/mol. The molecule has 5 rings (SSSR count). The first-order chi connectivity index (χ1) is 16.5. The molecule has 1 aliphatic heterocycles. The quantitative estimate of drug-likeness (QED) is 0.490. The molecule has 4 aliphatic carbocycles. The highest BCUT2D eigenvalue weighted by Crippen LogP contribution is 2.68. The zero-order valence-corrected chi connectivity index (χ0v) is 22.2. The van der Waals surface area contributed by atoms with E-state index in [1.165, 1.54) is 25.7 Å². The summed E-state index contributed by atoms with van der Waals surface area (Å²) >= 11 is 0. The normalized spacial score (nSPS) is 48.5. The van der Waals surface area contributed by atoms with Crippen molar-refractivity contribution in [3.05, 3.63) is 0 Å². The Bertz CT molecular complexity index is 794. The SMILES string of the molecule is CC(C(=O)O)C1(CC[C@@H](C)[C@H]2CC[C@H]3[C@@H]4[C@H](O)C[C@@H]5C[C@H](O)CC[C@]5(C)[C@H]4CC[C@]23C)OCCO1. The molecule has 0 spiro atoms. The van der Waals surface area contributed by atoms with Crippen LogP contribution in [0.4, 0.5) is 0 Å². The van der Waals surface area contributed by atoms with E-state index in [1.807, 2.05) is 0 Å². The molecule has 5 fully saturated rings. The molecule has 0 amide bonds. The van der Waals surface area contributed by atoms with Crippen molar-refractivity contribution >= 4 is 5.97 Å². The summed E-state index contributed by atoms with van der Waals surface area (Å²) in [6, 6.07) is 0. The van der Waals surface area contributed by atoms with Gasteiger partial charge in [0.25, 0.3) is 0 Å². The Labute approximate surface area is 211 Å². The first-order valence-corrected chi connectivity index (χ1v) is 14.4. The van der Waals surface area contributed by atoms with Crippen LogP contribution in [0.5, 0.6) is 0 Å². The molecule has 6 nitrogen and oxygen atoms in total. The molecule has 35 heavy (non-hydrogen) atoms. The maximum absolute atomic E-state index is 11.7. The predicted octanol–water partition coefficient (Wildman–Crippen LogP) is 4.86. The molecule has 1 heterocycles. The van der Waals surface area contributed by atoms with Gasteiger partial charge in [-0.25, -0.2) is 0 Å². The van der Waals surface area contributed by atoms with Crippen molar-refractivity contribution in [2.45, 2.75) is 110 Å². The lowest BCUT2D eigenvalue weighted by Gasteiger charge is -2.62. The summed E-state index contributed by atoms with van der Waals surface area (Å²) in [5.74, 6) is 0.447. The number of carboxylic acids is 1. The highest BCUT2D eigenvalue weighted by molar-refractivity contribution is 5.70. The van der Waals surface area contributed by atoms with Gasteiger partial charge < -0.3 is 24.8 Å². The monoisotopic (exact) mass is 492 g/mol. The van der Waals surface area contributed by atoms with E-state index in [9.17, 15) is 20.1 Å². The van der Waals surface area contributed by atoms with Crippen LogP contribution in [-0.2, 0) is 14.3 Å². The molecule has 0 radical (unpaired) electrons. The van der Waals surface area contributed by atoms with Crippen molar-refractivity contribution in [3.63, 3.8) is 0 Å². The van der Waals surface area contributed by atoms with Crippen LogP contribution >= 0.6 is 0 Å². The number of rotatable bonds is 6.